The van der Waals surface area contributed by atoms with E-state index in [1.165, 1.54) is 48.5 Å². The summed E-state index contributed by atoms with van der Waals surface area (Å²) in [4.78, 5) is 36.8. The van der Waals surface area contributed by atoms with Gasteiger partial charge in [-0.3, -0.25) is 25.7 Å². The molecule has 1 unspecified atom stereocenters. The van der Waals surface area contributed by atoms with Crippen LogP contribution in [0.2, 0.25) is 5.02 Å². The van der Waals surface area contributed by atoms with Gasteiger partial charge in [-0.15, -0.1) is 0 Å². The summed E-state index contributed by atoms with van der Waals surface area (Å²) < 4.78 is 22.2. The van der Waals surface area contributed by atoms with Gasteiger partial charge in [-0.25, -0.2) is 4.98 Å². The number of ether oxygens (including phenoxy) is 1. The van der Waals surface area contributed by atoms with E-state index in [0.29, 0.717) is 16.8 Å². The summed E-state index contributed by atoms with van der Waals surface area (Å²) in [6, 6.07) is 19.6. The largest absolute Gasteiger partial charge is 0.588 e. The van der Waals surface area contributed by atoms with Crippen LogP contribution in [0.5, 0.6) is 11.5 Å². The molecule has 56 heavy (non-hydrogen) atoms. The van der Waals surface area contributed by atoms with Gasteiger partial charge in [-0.2, -0.15) is 4.72 Å². The molecule has 2 aliphatic carbocycles. The number of nitrogens with one attached hydrogen (secondary N) is 3. The molecule has 16 heteroatoms. The minimum absolute atomic E-state index is 0.00237. The lowest BCUT2D eigenvalue weighted by Crippen LogP contribution is -2.47. The molecule has 1 atom stereocenters. The number of piperazine rings is 1. The summed E-state index contributed by atoms with van der Waals surface area (Å²) in [5, 5.41) is 13.2. The van der Waals surface area contributed by atoms with E-state index in [4.69, 9.17) is 27.9 Å². The number of pyridine rings is 1. The first-order valence-electron chi connectivity index (χ1n) is 18.5. The summed E-state index contributed by atoms with van der Waals surface area (Å²) in [5.41, 5.74) is 13.8. The van der Waals surface area contributed by atoms with Gasteiger partial charge in [0.15, 0.2) is 4.90 Å². The van der Waals surface area contributed by atoms with Gasteiger partial charge in [0.2, 0.25) is 0 Å². The van der Waals surface area contributed by atoms with Crippen molar-refractivity contribution in [1.29, 1.82) is 0 Å². The molecule has 2 aromatic heterocycles. The maximum Gasteiger partial charge on any atom is 0.299 e. The van der Waals surface area contributed by atoms with Crippen molar-refractivity contribution >= 4 is 68.2 Å². The van der Waals surface area contributed by atoms with Crippen LogP contribution in [0.15, 0.2) is 89.6 Å². The molecule has 0 bridgehead atoms. The Kier molecular flexibility index (Phi) is 10.5. The second-order valence-electron chi connectivity index (χ2n) is 14.8. The van der Waals surface area contributed by atoms with Crippen LogP contribution in [0.3, 0.4) is 0 Å². The summed E-state index contributed by atoms with van der Waals surface area (Å²) in [7, 11) is 0. The molecule has 1 saturated heterocycles. The average Bonchev–Trinajstić information content (AvgIpc) is 3.66. The second kappa shape index (κ2) is 15.7. The highest BCUT2D eigenvalue weighted by Gasteiger charge is 2.41. The van der Waals surface area contributed by atoms with Gasteiger partial charge in [-0.1, -0.05) is 35.7 Å². The molecule has 1 aliphatic heterocycles. The van der Waals surface area contributed by atoms with Gasteiger partial charge in [0.1, 0.15) is 34.2 Å². The summed E-state index contributed by atoms with van der Waals surface area (Å²) in [6.07, 6.45) is 10.8. The lowest BCUT2D eigenvalue weighted by molar-refractivity contribution is -0.384. The minimum Gasteiger partial charge on any atom is -0.588 e. The quantitative estimate of drug-likeness (QED) is 0.0298. The van der Waals surface area contributed by atoms with Crippen molar-refractivity contribution in [2.45, 2.75) is 43.4 Å². The zero-order chi connectivity index (χ0) is 39.0. The Labute approximate surface area is 331 Å². The molecular formula is C40H42ClN9O5S. The Balaban J connectivity index is 1.01. The number of aromatic amines is 1. The third-order valence-corrected chi connectivity index (χ3v) is 12.7. The molecule has 8 rings (SSSR count). The number of anilines is 3. The topological polar surface area (TPSA) is 204 Å². The van der Waals surface area contributed by atoms with Crippen LogP contribution in [0.4, 0.5) is 22.7 Å². The zero-order valence-corrected chi connectivity index (χ0v) is 32.1. The number of nitro benzene ring substituents is 1. The number of amides is 1. The van der Waals surface area contributed by atoms with Crippen molar-refractivity contribution in [3.05, 3.63) is 111 Å². The van der Waals surface area contributed by atoms with Crippen LogP contribution in [0.25, 0.3) is 16.6 Å². The van der Waals surface area contributed by atoms with E-state index >= 15 is 0 Å². The first-order valence-corrected chi connectivity index (χ1v) is 20.1. The number of rotatable bonds is 11. The fraction of sp³-hybridized carbons (Fsp3) is 0.300. The Bertz CT molecular complexity index is 2320. The molecule has 3 aromatic carbocycles. The van der Waals surface area contributed by atoms with E-state index in [0.717, 1.165) is 67.7 Å². The van der Waals surface area contributed by atoms with Crippen molar-refractivity contribution in [1.82, 2.24) is 19.6 Å². The van der Waals surface area contributed by atoms with Gasteiger partial charge in [0, 0.05) is 67.1 Å². The van der Waals surface area contributed by atoms with Gasteiger partial charge < -0.3 is 30.3 Å². The first-order chi connectivity index (χ1) is 27.1. The predicted octanol–water partition coefficient (Wildman–Crippen LogP) is 7.17. The van der Waals surface area contributed by atoms with E-state index in [2.05, 4.69) is 42.0 Å². The van der Waals surface area contributed by atoms with E-state index in [-0.39, 0.29) is 27.6 Å². The third-order valence-electron chi connectivity index (χ3n) is 11.4. The van der Waals surface area contributed by atoms with Gasteiger partial charge in [0.25, 0.3) is 11.6 Å². The monoisotopic (exact) mass is 795 g/mol. The van der Waals surface area contributed by atoms with E-state index < -0.39 is 27.9 Å². The van der Waals surface area contributed by atoms with Crippen LogP contribution in [-0.4, -0.2) is 63.0 Å². The first kappa shape index (κ1) is 37.6. The zero-order valence-electron chi connectivity index (χ0n) is 30.6. The summed E-state index contributed by atoms with van der Waals surface area (Å²) in [5.74, 6) is 5.42. The Morgan fingerprint density at radius 2 is 1.84 bits per heavy atom. The van der Waals surface area contributed by atoms with Crippen molar-refractivity contribution in [2.75, 3.05) is 48.8 Å². The minimum atomic E-state index is -2.22. The third kappa shape index (κ3) is 7.73. The van der Waals surface area contributed by atoms with E-state index in [9.17, 15) is 19.5 Å². The number of nitrogen functional groups attached to an aromatic ring is 2. The molecule has 0 radical (unpaired) electrons. The number of hydrogen-bond donors (Lipinski definition) is 5. The number of carbonyl (C=O) groups is 1. The smallest absolute Gasteiger partial charge is 0.299 e. The highest BCUT2D eigenvalue weighted by Crippen LogP contribution is 2.55. The van der Waals surface area contributed by atoms with Crippen molar-refractivity contribution < 1.29 is 19.0 Å². The molecule has 1 amide bonds. The normalized spacial score (nSPS) is 17.4. The molecule has 14 nitrogen and oxygen atoms in total. The van der Waals surface area contributed by atoms with E-state index in [1.807, 2.05) is 30.3 Å². The number of fused-ring (bicyclic) bond motifs is 1. The number of nitrogens with two attached hydrogens (primary N) is 2. The van der Waals surface area contributed by atoms with Gasteiger partial charge in [-0.05, 0) is 85.1 Å². The molecular weight excluding hydrogens is 754 g/mol. The molecule has 3 aliphatic rings. The fourth-order valence-electron chi connectivity index (χ4n) is 8.09. The summed E-state index contributed by atoms with van der Waals surface area (Å²) >= 11 is 4.05. The number of benzene rings is 3. The number of H-pyrrole nitrogens is 1. The van der Waals surface area contributed by atoms with E-state index in [1.54, 1.807) is 24.5 Å². The Morgan fingerprint density at radius 1 is 1.05 bits per heavy atom. The number of allylic oxidation sites excluding steroid dienone is 1. The molecule has 7 N–H and O–H groups in total. The van der Waals surface area contributed by atoms with Gasteiger partial charge in [0.05, 0.1) is 28.4 Å². The van der Waals surface area contributed by atoms with Crippen LogP contribution in [0, 0.1) is 15.5 Å². The maximum absolute atomic E-state index is 13.7. The Hall–Kier alpha value is -5.32. The maximum atomic E-state index is 13.7. The number of nitrogens with zero attached hydrogens (tertiary/aromatic N) is 4. The highest BCUT2D eigenvalue weighted by molar-refractivity contribution is 7.90. The number of hydrogen-bond acceptors (Lipinski definition) is 11. The van der Waals surface area contributed by atoms with Crippen molar-refractivity contribution in [3.8, 4) is 11.5 Å². The van der Waals surface area contributed by atoms with Crippen LogP contribution in [-0.2, 0) is 11.4 Å². The molecule has 5 aromatic rings. The molecule has 2 fully saturated rings. The van der Waals surface area contributed by atoms with Crippen LogP contribution in [0.1, 0.15) is 54.4 Å². The highest BCUT2D eigenvalue weighted by atomic mass is 35.5. The fourth-order valence-corrected chi connectivity index (χ4v) is 9.06. The molecule has 1 saturated carbocycles. The number of halogens is 1. The second-order valence-corrected chi connectivity index (χ2v) is 16.4. The van der Waals surface area contributed by atoms with Crippen molar-refractivity contribution in [3.63, 3.8) is 0 Å². The Morgan fingerprint density at radius 3 is 2.55 bits per heavy atom. The molecule has 290 valence electrons. The van der Waals surface area contributed by atoms with Crippen LogP contribution >= 0.6 is 11.6 Å². The number of aromatic nitrogens is 2. The number of nitro groups is 1. The molecule has 3 heterocycles. The SMILES string of the molecule is NNc1cc([S+]([O-])NC(=O)c2ccc(N3CCN(CC4=C(c5ccc(Cl)cc5)CC5(CCC5)CC4)CC3)cc2Oc2cnc3[nH]ccc3c2)cc([N+](=O)[O-])c1N. The van der Waals surface area contributed by atoms with Crippen LogP contribution < -0.4 is 31.4 Å². The predicted molar refractivity (Wildman–Crippen MR) is 219 cm³/mol. The van der Waals surface area contributed by atoms with Crippen molar-refractivity contribution in [2.24, 2.45) is 11.3 Å². The lowest BCUT2D eigenvalue weighted by atomic mass is 9.59. The lowest BCUT2D eigenvalue weighted by Gasteiger charge is -2.47. The average molecular weight is 796 g/mol. The summed E-state index contributed by atoms with van der Waals surface area (Å²) in [6.45, 7) is 4.20. The number of hydrazine groups is 1. The standard InChI is InChI=1S/C40H42ClN9O5S/c41-28-4-2-25(3-5-28)33-22-40(10-1-11-40)12-8-27(33)24-48-14-16-49(17-15-48)29-6-7-32(36(19-29)55-30-18-26-9-13-44-38(26)45-23-30)39(51)47-56(54)31-20-34(46-43)37(42)35(21-31)50(52)53/h2-7,9,13,18-21,23,46H,1,8,10-12,14-17,22,24,42-43H2,(H,44,45)(H,47,51). The van der Waals surface area contributed by atoms with Gasteiger partial charge >= 0.3 is 0 Å². The molecule has 1 spiro atoms. The number of carbonyl (C=O) groups excluding carboxylic acids is 1.